The summed E-state index contributed by atoms with van der Waals surface area (Å²) in [7, 11) is 3.77. The molecule has 0 saturated heterocycles. The molecule has 2 aromatic heterocycles. The number of nitrogens with one attached hydrogen (secondary N) is 1. The van der Waals surface area contributed by atoms with E-state index in [1.54, 1.807) is 6.33 Å². The van der Waals surface area contributed by atoms with Crippen LogP contribution in [0.5, 0.6) is 0 Å². The summed E-state index contributed by atoms with van der Waals surface area (Å²) in [5, 5.41) is 7.67. The molecule has 1 N–H and O–H groups in total. The second-order valence-corrected chi connectivity index (χ2v) is 3.09. The van der Waals surface area contributed by atoms with Crippen molar-refractivity contribution in [3.63, 3.8) is 0 Å². The Hall–Kier alpha value is -1.65. The van der Waals surface area contributed by atoms with Crippen molar-refractivity contribution in [1.29, 1.82) is 5.41 Å². The maximum atomic E-state index is 7.67. The Morgan fingerprint density at radius 1 is 1.38 bits per heavy atom. The molecule has 0 saturated carbocycles. The second kappa shape index (κ2) is 2.42. The first kappa shape index (κ1) is 7.97. The monoisotopic (exact) mass is 177 g/mol. The van der Waals surface area contributed by atoms with E-state index in [4.69, 9.17) is 5.41 Å². The molecule has 2 heterocycles. The third kappa shape index (κ3) is 0.965. The van der Waals surface area contributed by atoms with E-state index in [0.717, 1.165) is 17.0 Å². The highest BCUT2D eigenvalue weighted by Crippen LogP contribution is 2.05. The molecule has 0 unspecified atom stereocenters. The van der Waals surface area contributed by atoms with Crippen molar-refractivity contribution in [1.82, 2.24) is 19.1 Å². The van der Waals surface area contributed by atoms with E-state index in [9.17, 15) is 0 Å². The fourth-order valence-electron chi connectivity index (χ4n) is 1.38. The molecule has 5 heteroatoms. The van der Waals surface area contributed by atoms with Gasteiger partial charge in [-0.15, -0.1) is 0 Å². The first-order valence-electron chi connectivity index (χ1n) is 4.00. The minimum absolute atomic E-state index is 0.283. The average Bonchev–Trinajstić information content (AvgIpc) is 2.44. The highest BCUT2D eigenvalue weighted by molar-refractivity contribution is 5.69. The van der Waals surface area contributed by atoms with Crippen LogP contribution in [0.15, 0.2) is 6.33 Å². The first-order valence-corrected chi connectivity index (χ1v) is 4.00. The summed E-state index contributed by atoms with van der Waals surface area (Å²) >= 11 is 0. The van der Waals surface area contributed by atoms with Gasteiger partial charge in [0.05, 0.1) is 6.33 Å². The lowest BCUT2D eigenvalue weighted by molar-refractivity contribution is 0.814. The maximum absolute atomic E-state index is 7.67. The minimum Gasteiger partial charge on any atom is -0.329 e. The second-order valence-electron chi connectivity index (χ2n) is 3.09. The number of imidazole rings is 1. The van der Waals surface area contributed by atoms with Gasteiger partial charge in [-0.2, -0.15) is 0 Å². The molecule has 0 aliphatic carbocycles. The first-order chi connectivity index (χ1) is 6.11. The van der Waals surface area contributed by atoms with Crippen LogP contribution in [0.4, 0.5) is 0 Å². The van der Waals surface area contributed by atoms with E-state index in [1.165, 1.54) is 0 Å². The molecule has 0 amide bonds. The summed E-state index contributed by atoms with van der Waals surface area (Å²) in [6.07, 6.45) is 1.70. The summed E-state index contributed by atoms with van der Waals surface area (Å²) in [6.45, 7) is 1.87. The Kier molecular flexibility index (Phi) is 1.48. The quantitative estimate of drug-likeness (QED) is 0.620. The van der Waals surface area contributed by atoms with Crippen molar-refractivity contribution >= 4 is 11.2 Å². The van der Waals surface area contributed by atoms with Gasteiger partial charge in [0.1, 0.15) is 11.3 Å². The van der Waals surface area contributed by atoms with Crippen LogP contribution in [-0.2, 0) is 14.1 Å². The van der Waals surface area contributed by atoms with Crippen LogP contribution in [0.25, 0.3) is 11.2 Å². The van der Waals surface area contributed by atoms with Crippen molar-refractivity contribution in [2.75, 3.05) is 0 Å². The zero-order valence-electron chi connectivity index (χ0n) is 7.87. The summed E-state index contributed by atoms with van der Waals surface area (Å²) in [4.78, 5) is 8.31. The zero-order chi connectivity index (χ0) is 9.59. The van der Waals surface area contributed by atoms with Gasteiger partial charge in [0, 0.05) is 14.1 Å². The van der Waals surface area contributed by atoms with Crippen LogP contribution >= 0.6 is 0 Å². The molecule has 0 aromatic carbocycles. The number of rotatable bonds is 0. The van der Waals surface area contributed by atoms with Gasteiger partial charge < -0.3 is 9.13 Å². The number of fused-ring (bicyclic) bond motifs is 1. The van der Waals surface area contributed by atoms with Crippen LogP contribution < -0.4 is 5.49 Å². The molecule has 0 radical (unpaired) electrons. The Morgan fingerprint density at radius 2 is 2.08 bits per heavy atom. The Labute approximate surface area is 75.2 Å². The molecule has 0 atom stereocenters. The van der Waals surface area contributed by atoms with Crippen molar-refractivity contribution in [3.05, 3.63) is 17.6 Å². The van der Waals surface area contributed by atoms with Gasteiger partial charge in [-0.3, -0.25) is 5.41 Å². The fraction of sp³-hybridized carbons (Fsp3) is 0.375. The van der Waals surface area contributed by atoms with Gasteiger partial charge >= 0.3 is 0 Å². The minimum atomic E-state index is 0.283. The largest absolute Gasteiger partial charge is 0.329 e. The lowest BCUT2D eigenvalue weighted by Gasteiger charge is -2.03. The summed E-state index contributed by atoms with van der Waals surface area (Å²) in [6, 6.07) is 0. The van der Waals surface area contributed by atoms with Gasteiger partial charge in [-0.25, -0.2) is 9.97 Å². The smallest absolute Gasteiger partial charge is 0.174 e. The SMILES string of the molecule is Cc1nc(=N)c2c(ncn2C)n1C. The highest BCUT2D eigenvalue weighted by atomic mass is 15.1. The van der Waals surface area contributed by atoms with Crippen molar-refractivity contribution in [3.8, 4) is 0 Å². The molecule has 2 aromatic rings. The molecule has 0 fully saturated rings. The third-order valence-electron chi connectivity index (χ3n) is 2.22. The molecule has 5 nitrogen and oxygen atoms in total. The Bertz CT molecular complexity index is 519. The fourth-order valence-corrected chi connectivity index (χ4v) is 1.38. The molecule has 2 rings (SSSR count). The number of hydrogen-bond donors (Lipinski definition) is 1. The Morgan fingerprint density at radius 3 is 2.77 bits per heavy atom. The number of aryl methyl sites for hydroxylation is 3. The van der Waals surface area contributed by atoms with Crippen molar-refractivity contribution in [2.45, 2.75) is 6.92 Å². The van der Waals surface area contributed by atoms with Gasteiger partial charge in [0.25, 0.3) is 0 Å². The summed E-state index contributed by atoms with van der Waals surface area (Å²) in [5.74, 6) is 0.802. The zero-order valence-corrected chi connectivity index (χ0v) is 7.87. The summed E-state index contributed by atoms with van der Waals surface area (Å²) in [5.41, 5.74) is 1.86. The molecule has 0 aliphatic rings. The van der Waals surface area contributed by atoms with E-state index in [0.29, 0.717) is 0 Å². The van der Waals surface area contributed by atoms with E-state index in [-0.39, 0.29) is 5.49 Å². The molecule has 68 valence electrons. The van der Waals surface area contributed by atoms with Crippen LogP contribution in [-0.4, -0.2) is 19.1 Å². The number of hydrogen-bond acceptors (Lipinski definition) is 3. The van der Waals surface area contributed by atoms with Crippen LogP contribution in [0.3, 0.4) is 0 Å². The van der Waals surface area contributed by atoms with Crippen LogP contribution in [0.1, 0.15) is 5.82 Å². The molecular weight excluding hydrogens is 166 g/mol. The van der Waals surface area contributed by atoms with Crippen LogP contribution in [0, 0.1) is 12.3 Å². The average molecular weight is 177 g/mol. The molecule has 0 aliphatic heterocycles. The molecule has 0 bridgehead atoms. The van der Waals surface area contributed by atoms with Gasteiger partial charge in [0.2, 0.25) is 0 Å². The van der Waals surface area contributed by atoms with E-state index in [1.807, 2.05) is 30.2 Å². The molecule has 13 heavy (non-hydrogen) atoms. The van der Waals surface area contributed by atoms with Crippen LogP contribution in [0.2, 0.25) is 0 Å². The maximum Gasteiger partial charge on any atom is 0.174 e. The van der Waals surface area contributed by atoms with Crippen molar-refractivity contribution < 1.29 is 0 Å². The van der Waals surface area contributed by atoms with E-state index >= 15 is 0 Å². The van der Waals surface area contributed by atoms with Gasteiger partial charge in [-0.1, -0.05) is 0 Å². The highest BCUT2D eigenvalue weighted by Gasteiger charge is 2.06. The predicted molar refractivity (Wildman–Crippen MR) is 48.1 cm³/mol. The normalized spacial score (nSPS) is 11.0. The van der Waals surface area contributed by atoms with E-state index < -0.39 is 0 Å². The molecular formula is C8H11N5. The standard InChI is InChI=1S/C8H11N5/c1-5-11-7(9)6-8(13(5)3)10-4-12(6)2/h4,9H,1-3H3. The lowest BCUT2D eigenvalue weighted by atomic mass is 10.5. The predicted octanol–water partition coefficient (Wildman–Crippen LogP) is 0.0947. The van der Waals surface area contributed by atoms with Crippen molar-refractivity contribution in [2.24, 2.45) is 14.1 Å². The summed E-state index contributed by atoms with van der Waals surface area (Å²) < 4.78 is 3.69. The number of nitrogens with zero attached hydrogens (tertiary/aromatic N) is 4. The van der Waals surface area contributed by atoms with E-state index in [2.05, 4.69) is 9.97 Å². The van der Waals surface area contributed by atoms with Gasteiger partial charge in [0.15, 0.2) is 11.1 Å². The van der Waals surface area contributed by atoms with Gasteiger partial charge in [-0.05, 0) is 6.92 Å². The molecule has 0 spiro atoms. The third-order valence-corrected chi connectivity index (χ3v) is 2.22. The number of aromatic nitrogens is 4. The topological polar surface area (TPSA) is 59.5 Å². The lowest BCUT2D eigenvalue weighted by Crippen LogP contribution is -2.16. The Balaban J connectivity index is 3.08.